The van der Waals surface area contributed by atoms with Crippen LogP contribution in [0.15, 0.2) is 35.4 Å². The number of benzene rings is 1. The van der Waals surface area contributed by atoms with Gasteiger partial charge < -0.3 is 20.1 Å². The SMILES string of the molecule is COc1ccc(/C(O)=C2/C(=O)[C@](C)(O)C(=O)C=C2C)c(O)c1. The maximum atomic E-state index is 12.3. The van der Waals surface area contributed by atoms with Crippen molar-refractivity contribution in [1.82, 2.24) is 0 Å². The minimum absolute atomic E-state index is 0.00190. The average molecular weight is 304 g/mol. The Morgan fingerprint density at radius 3 is 2.45 bits per heavy atom. The zero-order valence-corrected chi connectivity index (χ0v) is 12.4. The van der Waals surface area contributed by atoms with E-state index in [4.69, 9.17) is 4.74 Å². The summed E-state index contributed by atoms with van der Waals surface area (Å²) < 4.78 is 4.94. The number of aromatic hydroxyl groups is 1. The van der Waals surface area contributed by atoms with Crippen LogP contribution >= 0.6 is 0 Å². The van der Waals surface area contributed by atoms with Crippen LogP contribution in [0.25, 0.3) is 5.76 Å². The molecule has 0 saturated carbocycles. The smallest absolute Gasteiger partial charge is 0.206 e. The zero-order valence-electron chi connectivity index (χ0n) is 12.4. The first-order valence-corrected chi connectivity index (χ1v) is 6.51. The molecule has 0 aliphatic heterocycles. The van der Waals surface area contributed by atoms with E-state index < -0.39 is 22.9 Å². The van der Waals surface area contributed by atoms with Crippen LogP contribution in [0.5, 0.6) is 11.5 Å². The second-order valence-corrected chi connectivity index (χ2v) is 5.20. The van der Waals surface area contributed by atoms with Crippen LogP contribution in [0, 0.1) is 0 Å². The van der Waals surface area contributed by atoms with Gasteiger partial charge in [0.25, 0.3) is 0 Å². The number of hydrogen-bond donors (Lipinski definition) is 3. The van der Waals surface area contributed by atoms with Gasteiger partial charge in [-0.2, -0.15) is 0 Å². The molecule has 0 bridgehead atoms. The number of ether oxygens (including phenoxy) is 1. The highest BCUT2D eigenvalue weighted by molar-refractivity contribution is 6.26. The maximum absolute atomic E-state index is 12.3. The summed E-state index contributed by atoms with van der Waals surface area (Å²) in [5.41, 5.74) is -2.22. The molecule has 1 atom stereocenters. The van der Waals surface area contributed by atoms with E-state index in [0.29, 0.717) is 5.75 Å². The Morgan fingerprint density at radius 1 is 1.27 bits per heavy atom. The van der Waals surface area contributed by atoms with E-state index in [1.54, 1.807) is 0 Å². The van der Waals surface area contributed by atoms with Crippen molar-refractivity contribution in [2.45, 2.75) is 19.4 Å². The fourth-order valence-electron chi connectivity index (χ4n) is 2.21. The van der Waals surface area contributed by atoms with E-state index in [0.717, 1.165) is 13.0 Å². The topological polar surface area (TPSA) is 104 Å². The number of phenols is 1. The molecular weight excluding hydrogens is 288 g/mol. The summed E-state index contributed by atoms with van der Waals surface area (Å²) in [6.45, 7) is 2.54. The van der Waals surface area contributed by atoms with Gasteiger partial charge in [-0.05, 0) is 37.6 Å². The van der Waals surface area contributed by atoms with E-state index >= 15 is 0 Å². The second-order valence-electron chi connectivity index (χ2n) is 5.20. The van der Waals surface area contributed by atoms with Gasteiger partial charge in [0.1, 0.15) is 17.3 Å². The highest BCUT2D eigenvalue weighted by Gasteiger charge is 2.44. The predicted octanol–water partition coefficient (Wildman–Crippen LogP) is 1.52. The van der Waals surface area contributed by atoms with Crippen LogP contribution in [0.3, 0.4) is 0 Å². The molecule has 0 saturated heterocycles. The fraction of sp³-hybridized carbons (Fsp3) is 0.250. The van der Waals surface area contributed by atoms with Gasteiger partial charge in [-0.15, -0.1) is 0 Å². The van der Waals surface area contributed by atoms with Crippen molar-refractivity contribution in [3.8, 4) is 11.5 Å². The Bertz CT molecular complexity index is 724. The normalized spacial score (nSPS) is 24.1. The van der Waals surface area contributed by atoms with Gasteiger partial charge in [0.15, 0.2) is 11.4 Å². The summed E-state index contributed by atoms with van der Waals surface area (Å²) >= 11 is 0. The molecule has 0 amide bonds. The van der Waals surface area contributed by atoms with E-state index in [2.05, 4.69) is 0 Å². The third kappa shape index (κ3) is 2.37. The Morgan fingerprint density at radius 2 is 1.91 bits per heavy atom. The standard InChI is InChI=1S/C16H16O6/c1-8-6-12(18)16(2,21)15(20)13(8)14(19)10-5-4-9(22-3)7-11(10)17/h4-7,17,19,21H,1-3H3/b14-13-/t16-/m1/s1. The van der Waals surface area contributed by atoms with E-state index in [1.165, 1.54) is 32.2 Å². The number of aliphatic hydroxyl groups is 2. The number of rotatable bonds is 2. The molecule has 1 aliphatic carbocycles. The van der Waals surface area contributed by atoms with Gasteiger partial charge >= 0.3 is 0 Å². The third-order valence-electron chi connectivity index (χ3n) is 3.59. The van der Waals surface area contributed by atoms with Crippen molar-refractivity contribution in [3.63, 3.8) is 0 Å². The first kappa shape index (κ1) is 15.8. The lowest BCUT2D eigenvalue weighted by Gasteiger charge is -2.26. The summed E-state index contributed by atoms with van der Waals surface area (Å²) in [5.74, 6) is -2.08. The van der Waals surface area contributed by atoms with Gasteiger partial charge in [0.2, 0.25) is 5.78 Å². The first-order valence-electron chi connectivity index (χ1n) is 6.51. The summed E-state index contributed by atoms with van der Waals surface area (Å²) in [7, 11) is 1.42. The molecule has 1 aromatic carbocycles. The monoisotopic (exact) mass is 304 g/mol. The molecule has 1 aromatic rings. The highest BCUT2D eigenvalue weighted by atomic mass is 16.5. The summed E-state index contributed by atoms with van der Waals surface area (Å²) in [6.07, 6.45) is 1.09. The average Bonchev–Trinajstić information content (AvgIpc) is 2.45. The lowest BCUT2D eigenvalue weighted by Crippen LogP contribution is -2.46. The van der Waals surface area contributed by atoms with E-state index in [-0.39, 0.29) is 22.5 Å². The quantitative estimate of drug-likeness (QED) is 0.435. The second kappa shape index (κ2) is 5.31. The molecule has 6 heteroatoms. The lowest BCUT2D eigenvalue weighted by molar-refractivity contribution is -0.144. The molecule has 1 aliphatic rings. The van der Waals surface area contributed by atoms with Crippen molar-refractivity contribution in [3.05, 3.63) is 41.0 Å². The number of methoxy groups -OCH3 is 1. The molecule has 0 spiro atoms. The van der Waals surface area contributed by atoms with Crippen molar-refractivity contribution >= 4 is 17.3 Å². The number of Topliss-reactive ketones (excluding diaryl/α,β-unsaturated/α-hetero) is 1. The van der Waals surface area contributed by atoms with E-state index in [1.807, 2.05) is 0 Å². The molecule has 116 valence electrons. The number of ketones is 2. The number of carbonyl (C=O) groups is 2. The first-order chi connectivity index (χ1) is 10.2. The summed E-state index contributed by atoms with van der Waals surface area (Å²) in [6, 6.07) is 4.16. The van der Waals surface area contributed by atoms with Gasteiger partial charge in [-0.25, -0.2) is 0 Å². The minimum atomic E-state index is -2.23. The predicted molar refractivity (Wildman–Crippen MR) is 78.6 cm³/mol. The number of carbonyl (C=O) groups excluding carboxylic acids is 2. The molecule has 0 fully saturated rings. The van der Waals surface area contributed by atoms with Crippen LogP contribution in [0.4, 0.5) is 0 Å². The zero-order chi connectivity index (χ0) is 16.7. The molecule has 3 N–H and O–H groups in total. The number of allylic oxidation sites excluding steroid dienone is 1. The third-order valence-corrected chi connectivity index (χ3v) is 3.59. The molecule has 6 nitrogen and oxygen atoms in total. The Hall–Kier alpha value is -2.60. The fourth-order valence-corrected chi connectivity index (χ4v) is 2.21. The highest BCUT2D eigenvalue weighted by Crippen LogP contribution is 2.35. The van der Waals surface area contributed by atoms with Crippen LogP contribution in [-0.4, -0.2) is 39.6 Å². The summed E-state index contributed by atoms with van der Waals surface area (Å²) in [5, 5.41) is 30.3. The largest absolute Gasteiger partial charge is 0.507 e. The Labute approximate surface area is 127 Å². The number of phenolic OH excluding ortho intramolecular Hbond substituents is 1. The van der Waals surface area contributed by atoms with Gasteiger partial charge in [0, 0.05) is 6.07 Å². The van der Waals surface area contributed by atoms with Crippen LogP contribution in [-0.2, 0) is 9.59 Å². The Kier molecular flexibility index (Phi) is 3.81. The Balaban J connectivity index is 2.65. The summed E-state index contributed by atoms with van der Waals surface area (Å²) in [4.78, 5) is 24.0. The molecule has 2 rings (SSSR count). The number of aliphatic hydroxyl groups excluding tert-OH is 1. The van der Waals surface area contributed by atoms with Gasteiger partial charge in [-0.3, -0.25) is 9.59 Å². The van der Waals surface area contributed by atoms with Crippen molar-refractivity contribution < 1.29 is 29.6 Å². The molecule has 0 aromatic heterocycles. The molecule has 22 heavy (non-hydrogen) atoms. The van der Waals surface area contributed by atoms with Crippen LogP contribution in [0.1, 0.15) is 19.4 Å². The van der Waals surface area contributed by atoms with Crippen molar-refractivity contribution in [2.75, 3.05) is 7.11 Å². The molecule has 0 radical (unpaired) electrons. The lowest BCUT2D eigenvalue weighted by atomic mass is 9.80. The number of hydrogen-bond acceptors (Lipinski definition) is 6. The van der Waals surface area contributed by atoms with Crippen molar-refractivity contribution in [2.24, 2.45) is 0 Å². The van der Waals surface area contributed by atoms with Crippen LogP contribution < -0.4 is 4.74 Å². The van der Waals surface area contributed by atoms with Gasteiger partial charge in [-0.1, -0.05) is 0 Å². The van der Waals surface area contributed by atoms with Gasteiger partial charge in [0.05, 0.1) is 18.2 Å². The molecular formula is C16H16O6. The van der Waals surface area contributed by atoms with Crippen LogP contribution in [0.2, 0.25) is 0 Å². The molecule has 0 heterocycles. The molecule has 0 unspecified atom stereocenters. The maximum Gasteiger partial charge on any atom is 0.206 e. The van der Waals surface area contributed by atoms with Crippen molar-refractivity contribution in [1.29, 1.82) is 0 Å². The van der Waals surface area contributed by atoms with E-state index in [9.17, 15) is 24.9 Å². The minimum Gasteiger partial charge on any atom is -0.507 e.